The van der Waals surface area contributed by atoms with Crippen molar-refractivity contribution in [2.24, 2.45) is 0 Å². The molecule has 3 N–H and O–H groups in total. The number of aromatic hydroxyl groups is 1. The topological polar surface area (TPSA) is 78.4 Å². The highest BCUT2D eigenvalue weighted by Gasteiger charge is 2.20. The summed E-state index contributed by atoms with van der Waals surface area (Å²) < 4.78 is 0. The Kier molecular flexibility index (Phi) is 5.50. The van der Waals surface area contributed by atoms with E-state index in [0.29, 0.717) is 0 Å². The molecule has 1 aromatic carbocycles. The number of benzene rings is 1. The van der Waals surface area contributed by atoms with Gasteiger partial charge < -0.3 is 10.4 Å². The molecule has 21 heavy (non-hydrogen) atoms. The van der Waals surface area contributed by atoms with E-state index in [-0.39, 0.29) is 22.9 Å². The zero-order valence-electron chi connectivity index (χ0n) is 12.0. The highest BCUT2D eigenvalue weighted by molar-refractivity contribution is 8.00. The molecule has 0 heterocycles. The molecule has 2 rings (SSSR count). The third kappa shape index (κ3) is 4.97. The van der Waals surface area contributed by atoms with Gasteiger partial charge in [-0.15, -0.1) is 11.8 Å². The molecular formula is C15H20N2O3S. The van der Waals surface area contributed by atoms with E-state index in [9.17, 15) is 14.7 Å². The van der Waals surface area contributed by atoms with Gasteiger partial charge in [-0.25, -0.2) is 4.79 Å². The average molecular weight is 308 g/mol. The standard InChI is InChI=1S/C15H20N2O3S/c1-10(21-13-8-6-12(18)7-9-13)14(19)17-15(20)16-11-4-2-3-5-11/h6-11,18H,2-5H2,1H3,(H2,16,17,19,20). The van der Waals surface area contributed by atoms with Crippen LogP contribution in [0.15, 0.2) is 29.2 Å². The first-order valence-corrected chi connectivity index (χ1v) is 7.99. The first-order chi connectivity index (χ1) is 10.0. The summed E-state index contributed by atoms with van der Waals surface area (Å²) in [5.74, 6) is -0.129. The largest absolute Gasteiger partial charge is 0.508 e. The van der Waals surface area contributed by atoms with Crippen molar-refractivity contribution < 1.29 is 14.7 Å². The number of urea groups is 1. The molecule has 114 valence electrons. The number of phenolic OH excluding ortho intramolecular Hbond substituents is 1. The molecule has 5 nitrogen and oxygen atoms in total. The van der Waals surface area contributed by atoms with E-state index in [4.69, 9.17) is 0 Å². The Bertz CT molecular complexity index is 498. The van der Waals surface area contributed by atoms with Gasteiger partial charge in [-0.1, -0.05) is 12.8 Å². The molecule has 1 saturated carbocycles. The molecule has 0 bridgehead atoms. The second-order valence-corrected chi connectivity index (χ2v) is 6.61. The predicted molar refractivity (Wildman–Crippen MR) is 82.4 cm³/mol. The summed E-state index contributed by atoms with van der Waals surface area (Å²) in [5, 5.41) is 14.0. The van der Waals surface area contributed by atoms with Crippen LogP contribution in [0.1, 0.15) is 32.6 Å². The van der Waals surface area contributed by atoms with E-state index in [0.717, 1.165) is 30.6 Å². The van der Waals surface area contributed by atoms with Crippen molar-refractivity contribution in [2.45, 2.75) is 48.8 Å². The molecule has 1 aromatic rings. The van der Waals surface area contributed by atoms with Crippen LogP contribution in [0.5, 0.6) is 5.75 Å². The van der Waals surface area contributed by atoms with E-state index in [2.05, 4.69) is 10.6 Å². The maximum Gasteiger partial charge on any atom is 0.321 e. The lowest BCUT2D eigenvalue weighted by molar-refractivity contribution is -0.119. The minimum atomic E-state index is -0.412. The molecule has 0 aromatic heterocycles. The molecule has 1 atom stereocenters. The monoisotopic (exact) mass is 308 g/mol. The Morgan fingerprint density at radius 3 is 2.48 bits per heavy atom. The van der Waals surface area contributed by atoms with Crippen LogP contribution >= 0.6 is 11.8 Å². The Labute approximate surface area is 128 Å². The van der Waals surface area contributed by atoms with Crippen LogP contribution in [0, 0.1) is 0 Å². The molecule has 6 heteroatoms. The van der Waals surface area contributed by atoms with Crippen LogP contribution in [0.3, 0.4) is 0 Å². The zero-order valence-corrected chi connectivity index (χ0v) is 12.8. The summed E-state index contributed by atoms with van der Waals surface area (Å²) in [6.45, 7) is 1.75. The molecule has 0 spiro atoms. The summed E-state index contributed by atoms with van der Waals surface area (Å²) in [6.07, 6.45) is 4.23. The number of carbonyl (C=O) groups is 2. The molecule has 0 radical (unpaired) electrons. The van der Waals surface area contributed by atoms with Gasteiger partial charge >= 0.3 is 6.03 Å². The molecule has 3 amide bonds. The summed E-state index contributed by atoms with van der Waals surface area (Å²) in [4.78, 5) is 24.5. The van der Waals surface area contributed by atoms with Crippen molar-refractivity contribution in [3.05, 3.63) is 24.3 Å². The lowest BCUT2D eigenvalue weighted by Crippen LogP contribution is -2.45. The normalized spacial score (nSPS) is 16.4. The number of phenols is 1. The van der Waals surface area contributed by atoms with E-state index in [1.807, 2.05) is 0 Å². The van der Waals surface area contributed by atoms with E-state index in [1.54, 1.807) is 31.2 Å². The number of imide groups is 1. The third-order valence-corrected chi connectivity index (χ3v) is 4.56. The van der Waals surface area contributed by atoms with Gasteiger partial charge in [-0.2, -0.15) is 0 Å². The van der Waals surface area contributed by atoms with Gasteiger partial charge in [0.1, 0.15) is 5.75 Å². The van der Waals surface area contributed by atoms with Crippen LogP contribution < -0.4 is 10.6 Å². The molecule has 1 unspecified atom stereocenters. The Hall–Kier alpha value is -1.69. The first kappa shape index (κ1) is 15.7. The van der Waals surface area contributed by atoms with Crippen LogP contribution in [0.2, 0.25) is 0 Å². The first-order valence-electron chi connectivity index (χ1n) is 7.11. The summed E-state index contributed by atoms with van der Waals surface area (Å²) >= 11 is 1.34. The number of rotatable bonds is 4. The minimum Gasteiger partial charge on any atom is -0.508 e. The highest BCUT2D eigenvalue weighted by Crippen LogP contribution is 2.25. The number of nitrogens with one attached hydrogen (secondary N) is 2. The molecule has 0 aliphatic heterocycles. The van der Waals surface area contributed by atoms with E-state index >= 15 is 0 Å². The minimum absolute atomic E-state index is 0.187. The number of amides is 3. The summed E-state index contributed by atoms with van der Waals surface area (Å²) in [6, 6.07) is 6.40. The fraction of sp³-hybridized carbons (Fsp3) is 0.467. The zero-order chi connectivity index (χ0) is 15.2. The van der Waals surface area contributed by atoms with Crippen LogP contribution in [0.4, 0.5) is 4.79 Å². The SMILES string of the molecule is CC(Sc1ccc(O)cc1)C(=O)NC(=O)NC1CCCC1. The number of hydrogen-bond donors (Lipinski definition) is 3. The maximum atomic E-state index is 12.0. The van der Waals surface area contributed by atoms with Crippen LogP contribution in [-0.4, -0.2) is 28.3 Å². The average Bonchev–Trinajstić information content (AvgIpc) is 2.94. The number of carbonyl (C=O) groups excluding carboxylic acids is 2. The van der Waals surface area contributed by atoms with Crippen molar-refractivity contribution in [2.75, 3.05) is 0 Å². The third-order valence-electron chi connectivity index (χ3n) is 3.45. The lowest BCUT2D eigenvalue weighted by atomic mass is 10.2. The summed E-state index contributed by atoms with van der Waals surface area (Å²) in [5.41, 5.74) is 0. The Morgan fingerprint density at radius 1 is 1.24 bits per heavy atom. The number of hydrogen-bond acceptors (Lipinski definition) is 4. The van der Waals surface area contributed by atoms with Gasteiger partial charge in [0, 0.05) is 10.9 Å². The quantitative estimate of drug-likeness (QED) is 0.747. The molecule has 0 saturated heterocycles. The lowest BCUT2D eigenvalue weighted by Gasteiger charge is -2.14. The molecular weight excluding hydrogens is 288 g/mol. The van der Waals surface area contributed by atoms with Crippen LogP contribution in [-0.2, 0) is 4.79 Å². The second-order valence-electron chi connectivity index (χ2n) is 5.20. The van der Waals surface area contributed by atoms with Crippen molar-refractivity contribution in [1.82, 2.24) is 10.6 Å². The number of thioether (sulfide) groups is 1. The summed E-state index contributed by atoms with van der Waals surface area (Å²) in [7, 11) is 0. The van der Waals surface area contributed by atoms with E-state index < -0.39 is 6.03 Å². The fourth-order valence-corrected chi connectivity index (χ4v) is 3.15. The van der Waals surface area contributed by atoms with Gasteiger partial charge in [-0.3, -0.25) is 10.1 Å². The Morgan fingerprint density at radius 2 is 1.86 bits per heavy atom. The van der Waals surface area contributed by atoms with Crippen molar-refractivity contribution in [1.29, 1.82) is 0 Å². The van der Waals surface area contributed by atoms with Crippen molar-refractivity contribution in [3.63, 3.8) is 0 Å². The van der Waals surface area contributed by atoms with Crippen molar-refractivity contribution >= 4 is 23.7 Å². The Balaban J connectivity index is 1.78. The molecule has 1 aliphatic rings. The van der Waals surface area contributed by atoms with Crippen molar-refractivity contribution in [3.8, 4) is 5.75 Å². The molecule has 1 fully saturated rings. The van der Waals surface area contributed by atoms with Gasteiger partial charge in [0.2, 0.25) is 5.91 Å². The smallest absolute Gasteiger partial charge is 0.321 e. The fourth-order valence-electron chi connectivity index (χ4n) is 2.29. The maximum absolute atomic E-state index is 12.0. The molecule has 1 aliphatic carbocycles. The van der Waals surface area contributed by atoms with Crippen LogP contribution in [0.25, 0.3) is 0 Å². The van der Waals surface area contributed by atoms with Gasteiger partial charge in [0.05, 0.1) is 5.25 Å². The predicted octanol–water partition coefficient (Wildman–Crippen LogP) is 2.64. The second kappa shape index (κ2) is 7.36. The van der Waals surface area contributed by atoms with Gasteiger partial charge in [0.25, 0.3) is 0 Å². The van der Waals surface area contributed by atoms with E-state index in [1.165, 1.54) is 11.8 Å². The van der Waals surface area contributed by atoms with Gasteiger partial charge in [0.15, 0.2) is 0 Å². The highest BCUT2D eigenvalue weighted by atomic mass is 32.2. The van der Waals surface area contributed by atoms with Gasteiger partial charge in [-0.05, 0) is 44.0 Å².